The van der Waals surface area contributed by atoms with E-state index < -0.39 is 0 Å². The predicted molar refractivity (Wildman–Crippen MR) is 104 cm³/mol. The van der Waals surface area contributed by atoms with Crippen molar-refractivity contribution >= 4 is 24.2 Å². The van der Waals surface area contributed by atoms with Crippen molar-refractivity contribution in [3.05, 3.63) is 29.6 Å². The van der Waals surface area contributed by atoms with Crippen LogP contribution in [0.2, 0.25) is 0 Å². The third kappa shape index (κ3) is 3.62. The van der Waals surface area contributed by atoms with E-state index in [0.717, 1.165) is 17.8 Å². The number of halogens is 1. The van der Waals surface area contributed by atoms with E-state index in [9.17, 15) is 9.59 Å². The standard InChI is InChI=1S/C19H27N5O2.ClH/c1-11(2)19(26)23-5-6-24-15(10-23)8-14(22-24)9-21-18(25)16-12-3-4-13(7-12)17(16)20;/h3-4,8,11-13,16-17H,5-7,9-10,20H2,1-2H3,(H,21,25);1H/t12-,13+,16-,17+;/m1./s1. The molecule has 1 aromatic rings. The average Bonchev–Trinajstić information content (AvgIpc) is 3.31. The van der Waals surface area contributed by atoms with Gasteiger partial charge in [-0.3, -0.25) is 14.3 Å². The molecule has 2 bridgehead atoms. The molecule has 1 aromatic heterocycles. The molecule has 1 aliphatic heterocycles. The normalized spacial score (nSPS) is 28.2. The van der Waals surface area contributed by atoms with E-state index in [1.54, 1.807) is 0 Å². The molecule has 2 heterocycles. The van der Waals surface area contributed by atoms with E-state index in [-0.39, 0.29) is 48.0 Å². The van der Waals surface area contributed by atoms with Gasteiger partial charge in [-0.25, -0.2) is 0 Å². The molecule has 0 aromatic carbocycles. The van der Waals surface area contributed by atoms with E-state index in [1.807, 2.05) is 29.5 Å². The van der Waals surface area contributed by atoms with Crippen LogP contribution in [0.3, 0.4) is 0 Å². The number of aromatic nitrogens is 2. The van der Waals surface area contributed by atoms with Gasteiger partial charge in [-0.15, -0.1) is 12.4 Å². The summed E-state index contributed by atoms with van der Waals surface area (Å²) in [4.78, 5) is 26.6. The van der Waals surface area contributed by atoms with Gasteiger partial charge >= 0.3 is 0 Å². The Morgan fingerprint density at radius 2 is 2.04 bits per heavy atom. The maximum atomic E-state index is 12.6. The van der Waals surface area contributed by atoms with E-state index in [4.69, 9.17) is 5.73 Å². The monoisotopic (exact) mass is 393 g/mol. The zero-order valence-electron chi connectivity index (χ0n) is 15.8. The Morgan fingerprint density at radius 3 is 2.70 bits per heavy atom. The molecule has 3 aliphatic rings. The first-order valence-corrected chi connectivity index (χ1v) is 9.50. The number of rotatable bonds is 4. The first-order chi connectivity index (χ1) is 12.4. The molecular weight excluding hydrogens is 366 g/mol. The Morgan fingerprint density at radius 1 is 1.30 bits per heavy atom. The second-order valence-corrected chi connectivity index (χ2v) is 8.03. The SMILES string of the molecule is CC(C)C(=O)N1CCn2nc(CNC(=O)[C@H]3[C@@H](N)[C@H]4C=C[C@@H]3C4)cc2C1.Cl. The molecule has 1 fully saturated rings. The minimum absolute atomic E-state index is 0. The average molecular weight is 394 g/mol. The summed E-state index contributed by atoms with van der Waals surface area (Å²) in [6.07, 6.45) is 5.28. The third-order valence-corrected chi connectivity index (χ3v) is 5.92. The van der Waals surface area contributed by atoms with Gasteiger partial charge in [0.05, 0.1) is 36.9 Å². The maximum Gasteiger partial charge on any atom is 0.225 e. The maximum absolute atomic E-state index is 12.6. The van der Waals surface area contributed by atoms with Crippen LogP contribution in [-0.4, -0.2) is 39.1 Å². The van der Waals surface area contributed by atoms with Crippen LogP contribution in [0.4, 0.5) is 0 Å². The lowest BCUT2D eigenvalue weighted by molar-refractivity contribution is -0.136. The molecule has 1 saturated carbocycles. The lowest BCUT2D eigenvalue weighted by Crippen LogP contribution is -2.43. The van der Waals surface area contributed by atoms with Crippen molar-refractivity contribution < 1.29 is 9.59 Å². The number of nitrogens with one attached hydrogen (secondary N) is 1. The Labute approximate surface area is 165 Å². The number of amides is 2. The molecule has 0 spiro atoms. The number of nitrogens with zero attached hydrogens (tertiary/aromatic N) is 3. The fourth-order valence-electron chi connectivity index (χ4n) is 4.49. The number of nitrogens with two attached hydrogens (primary N) is 1. The second-order valence-electron chi connectivity index (χ2n) is 8.03. The Bertz CT molecular complexity index is 759. The van der Waals surface area contributed by atoms with Crippen LogP contribution in [0.5, 0.6) is 0 Å². The van der Waals surface area contributed by atoms with E-state index in [1.165, 1.54) is 0 Å². The van der Waals surface area contributed by atoms with Gasteiger partial charge in [0.25, 0.3) is 0 Å². The van der Waals surface area contributed by atoms with Crippen LogP contribution < -0.4 is 11.1 Å². The molecule has 7 nitrogen and oxygen atoms in total. The smallest absolute Gasteiger partial charge is 0.225 e. The number of carbonyl (C=O) groups excluding carboxylic acids is 2. The van der Waals surface area contributed by atoms with Gasteiger partial charge in [0.1, 0.15) is 0 Å². The summed E-state index contributed by atoms with van der Waals surface area (Å²) in [5.74, 6) is 0.702. The molecule has 8 heteroatoms. The van der Waals surface area contributed by atoms with Crippen molar-refractivity contribution in [1.82, 2.24) is 20.0 Å². The quantitative estimate of drug-likeness (QED) is 0.748. The molecule has 4 atom stereocenters. The lowest BCUT2D eigenvalue weighted by Gasteiger charge is -2.29. The lowest BCUT2D eigenvalue weighted by atomic mass is 9.89. The Balaban J connectivity index is 0.00000210. The van der Waals surface area contributed by atoms with E-state index in [0.29, 0.717) is 32.1 Å². The summed E-state index contributed by atoms with van der Waals surface area (Å²) < 4.78 is 1.94. The summed E-state index contributed by atoms with van der Waals surface area (Å²) in [5, 5.41) is 7.58. The summed E-state index contributed by atoms with van der Waals surface area (Å²) in [5.41, 5.74) is 8.07. The topological polar surface area (TPSA) is 93.2 Å². The summed E-state index contributed by atoms with van der Waals surface area (Å²) in [6.45, 7) is 6.21. The molecule has 3 N–H and O–H groups in total. The first-order valence-electron chi connectivity index (χ1n) is 9.50. The molecule has 4 rings (SSSR count). The molecule has 148 valence electrons. The third-order valence-electron chi connectivity index (χ3n) is 5.92. The number of fused-ring (bicyclic) bond motifs is 3. The highest BCUT2D eigenvalue weighted by Gasteiger charge is 2.46. The van der Waals surface area contributed by atoms with Crippen molar-refractivity contribution in [2.75, 3.05) is 6.54 Å². The zero-order chi connectivity index (χ0) is 18.4. The zero-order valence-corrected chi connectivity index (χ0v) is 16.6. The number of hydrogen-bond acceptors (Lipinski definition) is 4. The molecule has 2 amide bonds. The van der Waals surface area contributed by atoms with Crippen LogP contribution in [0.15, 0.2) is 18.2 Å². The van der Waals surface area contributed by atoms with Gasteiger partial charge in [-0.2, -0.15) is 5.10 Å². The molecule has 0 radical (unpaired) electrons. The highest BCUT2D eigenvalue weighted by atomic mass is 35.5. The van der Waals surface area contributed by atoms with Crippen molar-refractivity contribution in [1.29, 1.82) is 0 Å². The van der Waals surface area contributed by atoms with Crippen LogP contribution in [-0.2, 0) is 29.2 Å². The van der Waals surface area contributed by atoms with Crippen molar-refractivity contribution in [2.24, 2.45) is 29.4 Å². The molecule has 2 aliphatic carbocycles. The fourth-order valence-corrected chi connectivity index (χ4v) is 4.49. The Hall–Kier alpha value is -1.86. The van der Waals surface area contributed by atoms with Crippen molar-refractivity contribution in [2.45, 2.75) is 45.9 Å². The number of allylic oxidation sites excluding steroid dienone is 1. The summed E-state index contributed by atoms with van der Waals surface area (Å²) >= 11 is 0. The predicted octanol–water partition coefficient (Wildman–Crippen LogP) is 1.07. The van der Waals surface area contributed by atoms with Crippen LogP contribution in [0, 0.1) is 23.7 Å². The van der Waals surface area contributed by atoms with Crippen LogP contribution >= 0.6 is 12.4 Å². The molecule has 0 saturated heterocycles. The number of hydrogen-bond donors (Lipinski definition) is 2. The first kappa shape index (κ1) is 19.9. The van der Waals surface area contributed by atoms with Gasteiger partial charge in [-0.05, 0) is 24.3 Å². The fraction of sp³-hybridized carbons (Fsp3) is 0.632. The van der Waals surface area contributed by atoms with Gasteiger partial charge in [0, 0.05) is 18.5 Å². The minimum Gasteiger partial charge on any atom is -0.350 e. The highest BCUT2D eigenvalue weighted by Crippen LogP contribution is 2.42. The largest absolute Gasteiger partial charge is 0.350 e. The van der Waals surface area contributed by atoms with Gasteiger partial charge in [0.15, 0.2) is 0 Å². The summed E-state index contributed by atoms with van der Waals surface area (Å²) in [7, 11) is 0. The Kier molecular flexibility index (Phi) is 5.63. The van der Waals surface area contributed by atoms with Gasteiger partial charge in [0.2, 0.25) is 11.8 Å². The van der Waals surface area contributed by atoms with Crippen molar-refractivity contribution in [3.8, 4) is 0 Å². The molecule has 27 heavy (non-hydrogen) atoms. The summed E-state index contributed by atoms with van der Waals surface area (Å²) in [6, 6.07) is 1.91. The number of carbonyl (C=O) groups is 2. The van der Waals surface area contributed by atoms with Crippen LogP contribution in [0.25, 0.3) is 0 Å². The molecule has 0 unspecified atom stereocenters. The van der Waals surface area contributed by atoms with Crippen LogP contribution in [0.1, 0.15) is 31.7 Å². The molecular formula is C19H28ClN5O2. The minimum atomic E-state index is -0.124. The van der Waals surface area contributed by atoms with E-state index in [2.05, 4.69) is 22.6 Å². The highest BCUT2D eigenvalue weighted by molar-refractivity contribution is 5.85. The van der Waals surface area contributed by atoms with Crippen molar-refractivity contribution in [3.63, 3.8) is 0 Å². The van der Waals surface area contributed by atoms with E-state index >= 15 is 0 Å². The van der Waals surface area contributed by atoms with Gasteiger partial charge < -0.3 is 16.0 Å². The van der Waals surface area contributed by atoms with Gasteiger partial charge in [-0.1, -0.05) is 26.0 Å². The second kappa shape index (κ2) is 7.64.